The Balaban J connectivity index is 2.05. The Kier molecular flexibility index (Phi) is 4.52. The van der Waals surface area contributed by atoms with E-state index in [4.69, 9.17) is 10.5 Å². The van der Waals surface area contributed by atoms with Crippen LogP contribution >= 0.6 is 0 Å². The number of hydrogen-bond donors (Lipinski definition) is 1. The highest BCUT2D eigenvalue weighted by atomic mass is 16.5. The highest BCUT2D eigenvalue weighted by Gasteiger charge is 2.32. The molecule has 0 spiro atoms. The number of nitrogens with zero attached hydrogens (tertiary/aromatic N) is 1. The Morgan fingerprint density at radius 1 is 1.40 bits per heavy atom. The van der Waals surface area contributed by atoms with Crippen molar-refractivity contribution in [2.75, 3.05) is 19.6 Å². The second-order valence-corrected chi connectivity index (χ2v) is 6.85. The van der Waals surface area contributed by atoms with Gasteiger partial charge in [-0.25, -0.2) is 0 Å². The normalized spacial score (nSPS) is 24.6. The molecule has 0 aliphatic carbocycles. The van der Waals surface area contributed by atoms with Crippen LogP contribution in [0.4, 0.5) is 0 Å². The highest BCUT2D eigenvalue weighted by molar-refractivity contribution is 5.32. The zero-order valence-electron chi connectivity index (χ0n) is 13.4. The molecule has 0 bridgehead atoms. The summed E-state index contributed by atoms with van der Waals surface area (Å²) in [4.78, 5) is 2.43. The van der Waals surface area contributed by atoms with Crippen LogP contribution in [-0.2, 0) is 4.74 Å². The van der Waals surface area contributed by atoms with Crippen LogP contribution in [0, 0.1) is 13.8 Å². The zero-order chi connectivity index (χ0) is 14.9. The van der Waals surface area contributed by atoms with Gasteiger partial charge in [-0.3, -0.25) is 4.90 Å². The SMILES string of the molecule is Cc1ccc(C(N)CN2CC(C)OC(C)(C)C2)c(C)c1. The molecule has 3 heteroatoms. The first-order chi connectivity index (χ1) is 9.27. The minimum absolute atomic E-state index is 0.0664. The summed E-state index contributed by atoms with van der Waals surface area (Å²) in [6, 6.07) is 6.59. The van der Waals surface area contributed by atoms with Gasteiger partial charge in [0.1, 0.15) is 0 Å². The smallest absolute Gasteiger partial charge is 0.0757 e. The molecule has 3 nitrogen and oxygen atoms in total. The second-order valence-electron chi connectivity index (χ2n) is 6.85. The van der Waals surface area contributed by atoms with Gasteiger partial charge < -0.3 is 10.5 Å². The lowest BCUT2D eigenvalue weighted by Gasteiger charge is -2.42. The standard InChI is InChI=1S/C17H28N2O/c1-12-6-7-15(13(2)8-12)16(18)10-19-9-14(3)20-17(4,5)11-19/h6-8,14,16H,9-11,18H2,1-5H3. The third-order valence-electron chi connectivity index (χ3n) is 3.92. The molecule has 0 radical (unpaired) electrons. The van der Waals surface area contributed by atoms with Crippen LogP contribution in [-0.4, -0.2) is 36.2 Å². The predicted octanol–water partition coefficient (Wildman–Crippen LogP) is 2.80. The first kappa shape index (κ1) is 15.5. The predicted molar refractivity (Wildman–Crippen MR) is 83.9 cm³/mol. The lowest BCUT2D eigenvalue weighted by Crippen LogP contribution is -2.53. The minimum atomic E-state index is -0.0836. The van der Waals surface area contributed by atoms with E-state index in [1.807, 2.05) is 0 Å². The third-order valence-corrected chi connectivity index (χ3v) is 3.92. The molecule has 1 aromatic rings. The number of nitrogens with two attached hydrogens (primary N) is 1. The number of ether oxygens (including phenoxy) is 1. The van der Waals surface area contributed by atoms with Crippen LogP contribution in [0.3, 0.4) is 0 Å². The Labute approximate surface area is 123 Å². The number of rotatable bonds is 3. The molecule has 0 aromatic heterocycles. The maximum atomic E-state index is 6.43. The van der Waals surface area contributed by atoms with E-state index in [1.54, 1.807) is 0 Å². The highest BCUT2D eigenvalue weighted by Crippen LogP contribution is 2.24. The van der Waals surface area contributed by atoms with Crippen molar-refractivity contribution >= 4 is 0 Å². The Bertz CT molecular complexity index is 470. The van der Waals surface area contributed by atoms with Crippen molar-refractivity contribution in [2.24, 2.45) is 5.73 Å². The van der Waals surface area contributed by atoms with E-state index < -0.39 is 0 Å². The maximum Gasteiger partial charge on any atom is 0.0757 e. The average Bonchev–Trinajstić information content (AvgIpc) is 2.25. The molecule has 1 saturated heterocycles. The monoisotopic (exact) mass is 276 g/mol. The van der Waals surface area contributed by atoms with Gasteiger partial charge in [-0.15, -0.1) is 0 Å². The largest absolute Gasteiger partial charge is 0.370 e. The summed E-state index contributed by atoms with van der Waals surface area (Å²) in [5.74, 6) is 0. The summed E-state index contributed by atoms with van der Waals surface area (Å²) in [7, 11) is 0. The molecule has 20 heavy (non-hydrogen) atoms. The van der Waals surface area contributed by atoms with Gasteiger partial charge in [0.05, 0.1) is 11.7 Å². The van der Waals surface area contributed by atoms with Crippen LogP contribution in [0.15, 0.2) is 18.2 Å². The molecule has 1 aliphatic rings. The zero-order valence-corrected chi connectivity index (χ0v) is 13.4. The van der Waals surface area contributed by atoms with Crippen molar-refractivity contribution in [2.45, 2.75) is 52.4 Å². The van der Waals surface area contributed by atoms with Gasteiger partial charge in [0.2, 0.25) is 0 Å². The number of hydrogen-bond acceptors (Lipinski definition) is 3. The molecule has 2 rings (SSSR count). The number of benzene rings is 1. The molecule has 1 aromatic carbocycles. The number of aryl methyl sites for hydroxylation is 2. The Hall–Kier alpha value is -0.900. The van der Waals surface area contributed by atoms with Crippen molar-refractivity contribution in [3.8, 4) is 0 Å². The van der Waals surface area contributed by atoms with Crippen molar-refractivity contribution in [3.05, 3.63) is 34.9 Å². The van der Waals surface area contributed by atoms with Crippen LogP contribution in [0.25, 0.3) is 0 Å². The molecule has 2 unspecified atom stereocenters. The van der Waals surface area contributed by atoms with Gasteiger partial charge in [0, 0.05) is 25.7 Å². The van der Waals surface area contributed by atoms with E-state index in [0.717, 1.165) is 19.6 Å². The average molecular weight is 276 g/mol. The van der Waals surface area contributed by atoms with Crippen molar-refractivity contribution < 1.29 is 4.74 Å². The first-order valence-corrected chi connectivity index (χ1v) is 7.50. The van der Waals surface area contributed by atoms with Crippen LogP contribution in [0.1, 0.15) is 43.5 Å². The van der Waals surface area contributed by atoms with Crippen molar-refractivity contribution in [1.82, 2.24) is 4.90 Å². The van der Waals surface area contributed by atoms with Gasteiger partial charge in [-0.05, 0) is 45.7 Å². The molecule has 2 atom stereocenters. The van der Waals surface area contributed by atoms with E-state index in [1.165, 1.54) is 16.7 Å². The molecule has 0 saturated carbocycles. The second kappa shape index (κ2) is 5.84. The minimum Gasteiger partial charge on any atom is -0.370 e. The topological polar surface area (TPSA) is 38.5 Å². The van der Waals surface area contributed by atoms with Crippen LogP contribution < -0.4 is 5.73 Å². The van der Waals surface area contributed by atoms with Gasteiger partial charge in [-0.2, -0.15) is 0 Å². The van der Waals surface area contributed by atoms with Crippen LogP contribution in [0.5, 0.6) is 0 Å². The van der Waals surface area contributed by atoms with Crippen LogP contribution in [0.2, 0.25) is 0 Å². The Morgan fingerprint density at radius 2 is 2.10 bits per heavy atom. The van der Waals surface area contributed by atoms with Crippen molar-refractivity contribution in [1.29, 1.82) is 0 Å². The summed E-state index contributed by atoms with van der Waals surface area (Å²) in [6.45, 7) is 13.5. The van der Waals surface area contributed by atoms with E-state index >= 15 is 0 Å². The third kappa shape index (κ3) is 3.81. The molecular formula is C17H28N2O. The lowest BCUT2D eigenvalue weighted by molar-refractivity contribution is -0.129. The number of morpholine rings is 1. The summed E-state index contributed by atoms with van der Waals surface area (Å²) in [6.07, 6.45) is 0.269. The van der Waals surface area contributed by atoms with E-state index in [0.29, 0.717) is 0 Å². The molecule has 112 valence electrons. The molecule has 2 N–H and O–H groups in total. The Morgan fingerprint density at radius 3 is 2.70 bits per heavy atom. The van der Waals surface area contributed by atoms with Gasteiger partial charge in [-0.1, -0.05) is 23.8 Å². The summed E-state index contributed by atoms with van der Waals surface area (Å²) < 4.78 is 5.95. The quantitative estimate of drug-likeness (QED) is 0.922. The van der Waals surface area contributed by atoms with Gasteiger partial charge in [0.25, 0.3) is 0 Å². The van der Waals surface area contributed by atoms with Crippen molar-refractivity contribution in [3.63, 3.8) is 0 Å². The molecule has 0 amide bonds. The fourth-order valence-corrected chi connectivity index (χ4v) is 3.34. The molecule has 1 heterocycles. The fourth-order valence-electron chi connectivity index (χ4n) is 3.34. The molecule has 1 aliphatic heterocycles. The molecular weight excluding hydrogens is 248 g/mol. The first-order valence-electron chi connectivity index (χ1n) is 7.50. The summed E-state index contributed by atoms with van der Waals surface area (Å²) in [5, 5.41) is 0. The lowest BCUT2D eigenvalue weighted by atomic mass is 9.98. The fraction of sp³-hybridized carbons (Fsp3) is 0.647. The van der Waals surface area contributed by atoms with E-state index in [9.17, 15) is 0 Å². The maximum absolute atomic E-state index is 6.43. The van der Waals surface area contributed by atoms with E-state index in [2.05, 4.69) is 57.7 Å². The molecule has 1 fully saturated rings. The van der Waals surface area contributed by atoms with Gasteiger partial charge >= 0.3 is 0 Å². The summed E-state index contributed by atoms with van der Waals surface area (Å²) in [5.41, 5.74) is 10.2. The van der Waals surface area contributed by atoms with E-state index in [-0.39, 0.29) is 17.7 Å². The summed E-state index contributed by atoms with van der Waals surface area (Å²) >= 11 is 0. The van der Waals surface area contributed by atoms with Gasteiger partial charge in [0.15, 0.2) is 0 Å².